The van der Waals surface area contributed by atoms with Gasteiger partial charge in [-0.05, 0) is 50.2 Å². The minimum Gasteiger partial charge on any atom is -0.497 e. The summed E-state index contributed by atoms with van der Waals surface area (Å²) >= 11 is 0. The van der Waals surface area contributed by atoms with Crippen molar-refractivity contribution in [3.05, 3.63) is 52.4 Å². The summed E-state index contributed by atoms with van der Waals surface area (Å²) in [5.74, 6) is 1.99. The predicted octanol–water partition coefficient (Wildman–Crippen LogP) is 4.04. The van der Waals surface area contributed by atoms with Crippen LogP contribution in [0.4, 0.5) is 0 Å². The van der Waals surface area contributed by atoms with E-state index in [0.717, 1.165) is 16.7 Å². The van der Waals surface area contributed by atoms with Gasteiger partial charge in [0.15, 0.2) is 0 Å². The summed E-state index contributed by atoms with van der Waals surface area (Å²) in [6.07, 6.45) is 0. The zero-order valence-corrected chi connectivity index (χ0v) is 16.4. The van der Waals surface area contributed by atoms with E-state index >= 15 is 0 Å². The molecule has 4 rings (SSSR count). The molecule has 0 saturated heterocycles. The number of hydrogen-bond acceptors (Lipinski definition) is 6. The molecule has 146 valence electrons. The van der Waals surface area contributed by atoms with Crippen LogP contribution in [0.5, 0.6) is 17.2 Å². The molecule has 3 aromatic rings. The van der Waals surface area contributed by atoms with Gasteiger partial charge in [0.1, 0.15) is 29.6 Å². The highest BCUT2D eigenvalue weighted by atomic mass is 16.5. The molecule has 0 aliphatic carbocycles. The van der Waals surface area contributed by atoms with E-state index in [9.17, 15) is 4.79 Å². The fourth-order valence-electron chi connectivity index (χ4n) is 3.45. The van der Waals surface area contributed by atoms with Crippen LogP contribution < -0.4 is 19.8 Å². The van der Waals surface area contributed by atoms with Crippen LogP contribution in [0, 0.1) is 0 Å². The Bertz CT molecular complexity index is 1090. The Balaban J connectivity index is 1.89. The van der Waals surface area contributed by atoms with Gasteiger partial charge < -0.3 is 18.6 Å². The highest BCUT2D eigenvalue weighted by Gasteiger charge is 2.24. The standard InChI is InChI=1S/C22H23NO5/c1-13(2)23-11-18-20(27-12-23)7-5-14-9-17(22(24)28-21(14)18)16-10-15(25-3)6-8-19(16)26-4/h5-10,13H,11-12H2,1-4H3. The third-order valence-corrected chi connectivity index (χ3v) is 5.14. The van der Waals surface area contributed by atoms with Gasteiger partial charge in [-0.25, -0.2) is 4.79 Å². The van der Waals surface area contributed by atoms with E-state index in [1.165, 1.54) is 0 Å². The van der Waals surface area contributed by atoms with Gasteiger partial charge in [0.25, 0.3) is 0 Å². The van der Waals surface area contributed by atoms with Crippen molar-refractivity contribution in [3.8, 4) is 28.4 Å². The highest BCUT2D eigenvalue weighted by Crippen LogP contribution is 2.36. The minimum atomic E-state index is -0.422. The molecule has 6 nitrogen and oxygen atoms in total. The number of hydrogen-bond donors (Lipinski definition) is 0. The van der Waals surface area contributed by atoms with E-state index in [2.05, 4.69) is 18.7 Å². The van der Waals surface area contributed by atoms with Crippen molar-refractivity contribution < 1.29 is 18.6 Å². The van der Waals surface area contributed by atoms with E-state index < -0.39 is 5.63 Å². The lowest BCUT2D eigenvalue weighted by Crippen LogP contribution is -2.37. The molecule has 0 unspecified atom stereocenters. The van der Waals surface area contributed by atoms with Crippen molar-refractivity contribution >= 4 is 11.0 Å². The molecule has 2 aromatic carbocycles. The second kappa shape index (κ2) is 7.20. The van der Waals surface area contributed by atoms with Crippen molar-refractivity contribution in [1.82, 2.24) is 4.90 Å². The first kappa shape index (κ1) is 18.4. The van der Waals surface area contributed by atoms with Crippen molar-refractivity contribution in [2.75, 3.05) is 21.0 Å². The van der Waals surface area contributed by atoms with Crippen LogP contribution in [0.25, 0.3) is 22.1 Å². The summed E-state index contributed by atoms with van der Waals surface area (Å²) in [5.41, 5.74) is 2.11. The summed E-state index contributed by atoms with van der Waals surface area (Å²) in [5, 5.41) is 0.840. The van der Waals surface area contributed by atoms with E-state index in [1.54, 1.807) is 32.4 Å². The van der Waals surface area contributed by atoms with Gasteiger partial charge in [0.05, 0.1) is 25.3 Å². The predicted molar refractivity (Wildman–Crippen MR) is 107 cm³/mol. The molecule has 0 spiro atoms. The normalized spacial score (nSPS) is 14.0. The molecule has 1 aliphatic rings. The third kappa shape index (κ3) is 3.10. The monoisotopic (exact) mass is 381 g/mol. The summed E-state index contributed by atoms with van der Waals surface area (Å²) < 4.78 is 22.4. The van der Waals surface area contributed by atoms with Crippen LogP contribution in [0.15, 0.2) is 45.6 Å². The smallest absolute Gasteiger partial charge is 0.344 e. The molecule has 0 saturated carbocycles. The van der Waals surface area contributed by atoms with Crippen LogP contribution in [-0.2, 0) is 6.54 Å². The van der Waals surface area contributed by atoms with Crippen LogP contribution in [0.2, 0.25) is 0 Å². The maximum Gasteiger partial charge on any atom is 0.344 e. The number of methoxy groups -OCH3 is 2. The second-order valence-corrected chi connectivity index (χ2v) is 7.09. The van der Waals surface area contributed by atoms with Gasteiger partial charge in [0, 0.05) is 23.5 Å². The number of fused-ring (bicyclic) bond motifs is 3. The zero-order valence-electron chi connectivity index (χ0n) is 16.4. The fourth-order valence-corrected chi connectivity index (χ4v) is 3.45. The molecule has 0 N–H and O–H groups in total. The molecule has 6 heteroatoms. The van der Waals surface area contributed by atoms with E-state index in [-0.39, 0.29) is 0 Å². The molecule has 0 atom stereocenters. The Morgan fingerprint density at radius 1 is 1.04 bits per heavy atom. The molecule has 1 aromatic heterocycles. The van der Waals surface area contributed by atoms with Gasteiger partial charge in [-0.1, -0.05) is 0 Å². The molecule has 28 heavy (non-hydrogen) atoms. The lowest BCUT2D eigenvalue weighted by molar-refractivity contribution is 0.0689. The number of rotatable bonds is 4. The largest absolute Gasteiger partial charge is 0.497 e. The lowest BCUT2D eigenvalue weighted by Gasteiger charge is -2.32. The topological polar surface area (TPSA) is 61.1 Å². The minimum absolute atomic E-state index is 0.329. The number of ether oxygens (including phenoxy) is 3. The molecule has 0 fully saturated rings. The summed E-state index contributed by atoms with van der Waals surface area (Å²) in [7, 11) is 3.16. The average molecular weight is 381 g/mol. The van der Waals surface area contributed by atoms with Crippen molar-refractivity contribution in [3.63, 3.8) is 0 Å². The van der Waals surface area contributed by atoms with Crippen LogP contribution >= 0.6 is 0 Å². The van der Waals surface area contributed by atoms with Gasteiger partial charge in [-0.15, -0.1) is 0 Å². The highest BCUT2D eigenvalue weighted by molar-refractivity contribution is 5.87. The molecule has 1 aliphatic heterocycles. The molecular formula is C22H23NO5. The SMILES string of the molecule is COc1ccc(OC)c(-c2cc3ccc4c(c3oc2=O)CN(C(C)C)CO4)c1. The molecule has 2 heterocycles. The fraction of sp³-hybridized carbons (Fsp3) is 0.318. The van der Waals surface area contributed by atoms with Crippen LogP contribution in [-0.4, -0.2) is 31.9 Å². The quantitative estimate of drug-likeness (QED) is 0.636. The first-order valence-corrected chi connectivity index (χ1v) is 9.20. The average Bonchev–Trinajstić information content (AvgIpc) is 2.72. The second-order valence-electron chi connectivity index (χ2n) is 7.09. The summed E-state index contributed by atoms with van der Waals surface area (Å²) in [6.45, 7) is 5.43. The van der Waals surface area contributed by atoms with Gasteiger partial charge >= 0.3 is 5.63 Å². The van der Waals surface area contributed by atoms with Crippen LogP contribution in [0.3, 0.4) is 0 Å². The zero-order chi connectivity index (χ0) is 19.8. The van der Waals surface area contributed by atoms with E-state index in [0.29, 0.717) is 47.5 Å². The van der Waals surface area contributed by atoms with Crippen molar-refractivity contribution in [1.29, 1.82) is 0 Å². The lowest BCUT2D eigenvalue weighted by atomic mass is 10.0. The maximum absolute atomic E-state index is 12.9. The number of nitrogens with zero attached hydrogens (tertiary/aromatic N) is 1. The number of benzene rings is 2. The first-order chi connectivity index (χ1) is 13.5. The molecule has 0 amide bonds. The van der Waals surface area contributed by atoms with Gasteiger partial charge in [-0.3, -0.25) is 4.90 Å². The first-order valence-electron chi connectivity index (χ1n) is 9.20. The molecule has 0 radical (unpaired) electrons. The van der Waals surface area contributed by atoms with Gasteiger partial charge in [-0.2, -0.15) is 0 Å². The Hall–Kier alpha value is -2.99. The van der Waals surface area contributed by atoms with E-state index in [1.807, 2.05) is 18.2 Å². The Morgan fingerprint density at radius 3 is 2.57 bits per heavy atom. The van der Waals surface area contributed by atoms with E-state index in [4.69, 9.17) is 18.6 Å². The maximum atomic E-state index is 12.9. The Kier molecular flexibility index (Phi) is 4.73. The van der Waals surface area contributed by atoms with Crippen LogP contribution in [0.1, 0.15) is 19.4 Å². The Labute approximate surface area is 163 Å². The molecular weight excluding hydrogens is 358 g/mol. The molecule has 0 bridgehead atoms. The van der Waals surface area contributed by atoms with Crippen molar-refractivity contribution in [2.45, 2.75) is 26.4 Å². The Morgan fingerprint density at radius 2 is 1.86 bits per heavy atom. The summed E-state index contributed by atoms with van der Waals surface area (Å²) in [4.78, 5) is 15.1. The van der Waals surface area contributed by atoms with Crippen molar-refractivity contribution in [2.24, 2.45) is 0 Å². The third-order valence-electron chi connectivity index (χ3n) is 5.14. The van der Waals surface area contributed by atoms with Gasteiger partial charge in [0.2, 0.25) is 0 Å². The summed E-state index contributed by atoms with van der Waals surface area (Å²) in [6, 6.07) is 11.4.